The van der Waals surface area contributed by atoms with Crippen LogP contribution >= 0.6 is 15.9 Å². The molecule has 1 unspecified atom stereocenters. The van der Waals surface area contributed by atoms with E-state index in [-0.39, 0.29) is 5.91 Å². The van der Waals surface area contributed by atoms with Crippen molar-refractivity contribution in [1.29, 1.82) is 0 Å². The third kappa shape index (κ3) is 3.43. The summed E-state index contributed by atoms with van der Waals surface area (Å²) in [6.07, 6.45) is 5.34. The Morgan fingerprint density at radius 1 is 1.40 bits per heavy atom. The largest absolute Gasteiger partial charge is 0.337 e. The minimum Gasteiger partial charge on any atom is -0.337 e. The molecule has 1 aromatic heterocycles. The van der Waals surface area contributed by atoms with Crippen LogP contribution in [0.1, 0.15) is 50.4 Å². The number of aromatic nitrogens is 2. The van der Waals surface area contributed by atoms with E-state index in [9.17, 15) is 4.79 Å². The summed E-state index contributed by atoms with van der Waals surface area (Å²) in [6, 6.07) is 0. The van der Waals surface area contributed by atoms with Gasteiger partial charge in [-0.2, -0.15) is 5.10 Å². The highest BCUT2D eigenvalue weighted by molar-refractivity contribution is 9.10. The Labute approximate surface area is 129 Å². The molecular formula is C15H24BrN3O. The molecule has 5 heteroatoms. The van der Waals surface area contributed by atoms with Crippen LogP contribution in [0.3, 0.4) is 0 Å². The minimum absolute atomic E-state index is 0.286. The molecule has 0 aliphatic carbocycles. The molecule has 1 amide bonds. The maximum absolute atomic E-state index is 12.3. The Hall–Kier alpha value is -0.840. The van der Waals surface area contributed by atoms with Gasteiger partial charge in [0.15, 0.2) is 0 Å². The fourth-order valence-corrected chi connectivity index (χ4v) is 3.45. The zero-order valence-electron chi connectivity index (χ0n) is 12.7. The summed E-state index contributed by atoms with van der Waals surface area (Å²) < 4.78 is 2.91. The second-order valence-electron chi connectivity index (χ2n) is 5.77. The number of amides is 1. The van der Waals surface area contributed by atoms with Crippen LogP contribution in [0.15, 0.2) is 4.47 Å². The molecule has 0 bridgehead atoms. The number of carbonyl (C=O) groups is 1. The average molecular weight is 342 g/mol. The van der Waals surface area contributed by atoms with Crippen molar-refractivity contribution in [3.63, 3.8) is 0 Å². The highest BCUT2D eigenvalue weighted by atomic mass is 79.9. The maximum Gasteiger partial charge on any atom is 0.222 e. The lowest BCUT2D eigenvalue weighted by Crippen LogP contribution is -2.30. The lowest BCUT2D eigenvalue weighted by molar-refractivity contribution is -0.131. The molecule has 20 heavy (non-hydrogen) atoms. The molecule has 112 valence electrons. The van der Waals surface area contributed by atoms with Gasteiger partial charge in [-0.1, -0.05) is 19.8 Å². The molecule has 2 heterocycles. The molecule has 1 aromatic rings. The summed E-state index contributed by atoms with van der Waals surface area (Å²) >= 11 is 3.58. The summed E-state index contributed by atoms with van der Waals surface area (Å²) in [6.45, 7) is 5.74. The zero-order chi connectivity index (χ0) is 14.7. The van der Waals surface area contributed by atoms with E-state index in [4.69, 9.17) is 0 Å². The molecule has 1 saturated heterocycles. The third-order valence-corrected chi connectivity index (χ3v) is 5.26. The zero-order valence-corrected chi connectivity index (χ0v) is 14.2. The number of hydrogen-bond donors (Lipinski definition) is 0. The molecule has 0 aromatic carbocycles. The lowest BCUT2D eigenvalue weighted by atomic mass is 9.96. The fraction of sp³-hybridized carbons (Fsp3) is 0.733. The predicted octanol–water partition coefficient (Wildman–Crippen LogP) is 3.42. The molecule has 1 atom stereocenters. The molecule has 0 radical (unpaired) electrons. The van der Waals surface area contributed by atoms with E-state index in [1.54, 1.807) is 0 Å². The Morgan fingerprint density at radius 3 is 2.75 bits per heavy atom. The molecule has 4 nitrogen and oxygen atoms in total. The maximum atomic E-state index is 12.3. The van der Waals surface area contributed by atoms with Crippen LogP contribution in [0, 0.1) is 12.8 Å². The first-order valence-corrected chi connectivity index (χ1v) is 8.28. The first-order chi connectivity index (χ1) is 9.52. The van der Waals surface area contributed by atoms with Crippen molar-refractivity contribution in [3.05, 3.63) is 15.9 Å². The third-order valence-electron chi connectivity index (χ3n) is 4.23. The average Bonchev–Trinajstić information content (AvgIpc) is 2.56. The van der Waals surface area contributed by atoms with Crippen LogP contribution in [0.4, 0.5) is 0 Å². The van der Waals surface area contributed by atoms with Gasteiger partial charge < -0.3 is 4.90 Å². The van der Waals surface area contributed by atoms with Gasteiger partial charge in [0.2, 0.25) is 5.91 Å². The second kappa shape index (κ2) is 6.74. The van der Waals surface area contributed by atoms with E-state index in [2.05, 4.69) is 28.0 Å². The van der Waals surface area contributed by atoms with E-state index >= 15 is 0 Å². The number of carbonyl (C=O) groups excluding carboxylic acids is 1. The van der Waals surface area contributed by atoms with Gasteiger partial charge in [0.1, 0.15) is 0 Å². The van der Waals surface area contributed by atoms with Gasteiger partial charge in [-0.05, 0) is 41.6 Å². The van der Waals surface area contributed by atoms with Crippen molar-refractivity contribution in [3.8, 4) is 0 Å². The van der Waals surface area contributed by atoms with Crippen LogP contribution in [-0.2, 0) is 18.4 Å². The molecule has 1 fully saturated rings. The van der Waals surface area contributed by atoms with E-state index in [1.807, 2.05) is 23.6 Å². The number of aryl methyl sites for hydroxylation is 2. The normalized spacial score (nSPS) is 20.3. The molecule has 0 N–H and O–H groups in total. The SMILES string of the molecule is CCCC1CCC(=O)N(Cc2c(Br)c(C)nn2C)CC1. The number of halogens is 1. The summed E-state index contributed by atoms with van der Waals surface area (Å²) in [5, 5.41) is 4.40. The van der Waals surface area contributed by atoms with Gasteiger partial charge >= 0.3 is 0 Å². The standard InChI is InChI=1S/C15H24BrN3O/c1-4-5-12-6-7-14(20)19(9-8-12)10-13-15(16)11(2)17-18(13)3/h12H,4-10H2,1-3H3. The van der Waals surface area contributed by atoms with Gasteiger partial charge in [-0.15, -0.1) is 0 Å². The molecule has 2 rings (SSSR count). The Bertz CT molecular complexity index is 484. The van der Waals surface area contributed by atoms with Crippen molar-refractivity contribution in [2.24, 2.45) is 13.0 Å². The Kier molecular flexibility index (Phi) is 5.24. The highest BCUT2D eigenvalue weighted by Gasteiger charge is 2.24. The van der Waals surface area contributed by atoms with E-state index in [0.717, 1.165) is 35.2 Å². The summed E-state index contributed by atoms with van der Waals surface area (Å²) in [5.41, 5.74) is 2.07. The van der Waals surface area contributed by atoms with E-state index in [1.165, 1.54) is 12.8 Å². The van der Waals surface area contributed by atoms with Crippen molar-refractivity contribution >= 4 is 21.8 Å². The summed E-state index contributed by atoms with van der Waals surface area (Å²) in [5.74, 6) is 1.00. The van der Waals surface area contributed by atoms with Crippen LogP contribution in [0.25, 0.3) is 0 Å². The lowest BCUT2D eigenvalue weighted by Gasteiger charge is -2.21. The molecule has 1 aliphatic heterocycles. The summed E-state index contributed by atoms with van der Waals surface area (Å²) in [4.78, 5) is 14.3. The van der Waals surface area contributed by atoms with Crippen molar-refractivity contribution in [2.45, 2.75) is 52.5 Å². The van der Waals surface area contributed by atoms with Crippen LogP contribution in [0.5, 0.6) is 0 Å². The minimum atomic E-state index is 0.286. The van der Waals surface area contributed by atoms with Crippen LogP contribution < -0.4 is 0 Å². The van der Waals surface area contributed by atoms with Gasteiger partial charge in [0.05, 0.1) is 22.4 Å². The topological polar surface area (TPSA) is 38.1 Å². The Morgan fingerprint density at radius 2 is 2.15 bits per heavy atom. The molecule has 0 saturated carbocycles. The van der Waals surface area contributed by atoms with E-state index < -0.39 is 0 Å². The van der Waals surface area contributed by atoms with Gasteiger partial charge in [0, 0.05) is 20.0 Å². The smallest absolute Gasteiger partial charge is 0.222 e. The summed E-state index contributed by atoms with van der Waals surface area (Å²) in [7, 11) is 1.94. The van der Waals surface area contributed by atoms with Gasteiger partial charge in [-0.25, -0.2) is 0 Å². The van der Waals surface area contributed by atoms with Gasteiger partial charge in [0.25, 0.3) is 0 Å². The number of hydrogen-bond acceptors (Lipinski definition) is 2. The van der Waals surface area contributed by atoms with Gasteiger partial charge in [-0.3, -0.25) is 9.48 Å². The van der Waals surface area contributed by atoms with Crippen molar-refractivity contribution in [1.82, 2.24) is 14.7 Å². The first-order valence-electron chi connectivity index (χ1n) is 7.48. The monoisotopic (exact) mass is 341 g/mol. The first kappa shape index (κ1) is 15.5. The quantitative estimate of drug-likeness (QED) is 0.841. The van der Waals surface area contributed by atoms with Crippen molar-refractivity contribution < 1.29 is 4.79 Å². The number of rotatable bonds is 4. The Balaban J connectivity index is 2.06. The molecule has 1 aliphatic rings. The molecular weight excluding hydrogens is 318 g/mol. The second-order valence-corrected chi connectivity index (χ2v) is 6.56. The van der Waals surface area contributed by atoms with E-state index in [0.29, 0.717) is 18.9 Å². The number of nitrogens with zero attached hydrogens (tertiary/aromatic N) is 3. The van der Waals surface area contributed by atoms with Crippen LogP contribution in [-0.4, -0.2) is 27.1 Å². The van der Waals surface area contributed by atoms with Crippen molar-refractivity contribution in [2.75, 3.05) is 6.54 Å². The van der Waals surface area contributed by atoms with Crippen LogP contribution in [0.2, 0.25) is 0 Å². The molecule has 0 spiro atoms. The highest BCUT2D eigenvalue weighted by Crippen LogP contribution is 2.26. The predicted molar refractivity (Wildman–Crippen MR) is 83.3 cm³/mol. The fourth-order valence-electron chi connectivity index (χ4n) is 2.99. The number of likely N-dealkylation sites (tertiary alicyclic amines) is 1.